The Balaban J connectivity index is 2.18. The first-order chi connectivity index (χ1) is 8.95. The third-order valence-corrected chi connectivity index (χ3v) is 5.54. The Hall–Kier alpha value is -0.330. The van der Waals surface area contributed by atoms with Crippen LogP contribution in [0, 0.1) is 5.92 Å². The largest absolute Gasteiger partial charge is 0.392 e. The van der Waals surface area contributed by atoms with Crippen molar-refractivity contribution in [3.05, 3.63) is 27.7 Å². The van der Waals surface area contributed by atoms with Gasteiger partial charge in [-0.15, -0.1) is 0 Å². The number of rotatable bonds is 6. The zero-order valence-electron chi connectivity index (χ0n) is 10.2. The van der Waals surface area contributed by atoms with Gasteiger partial charge in [0, 0.05) is 17.1 Å². The van der Waals surface area contributed by atoms with Gasteiger partial charge in [0.15, 0.2) is 0 Å². The Morgan fingerprint density at radius 3 is 2.58 bits per heavy atom. The summed E-state index contributed by atoms with van der Waals surface area (Å²) in [4.78, 5) is -0.0431. The second-order valence-electron chi connectivity index (χ2n) is 4.63. The highest BCUT2D eigenvalue weighted by Gasteiger charge is 2.24. The molecular weight excluding hydrogens is 309 g/mol. The SMILES string of the molecule is O=S(=O)(NCCC1CC1)c1ccc(Cl)c(CO)c1Cl. The number of nitrogens with one attached hydrogen (secondary N) is 1. The van der Waals surface area contributed by atoms with E-state index in [0.717, 1.165) is 6.42 Å². The fraction of sp³-hybridized carbons (Fsp3) is 0.500. The van der Waals surface area contributed by atoms with E-state index >= 15 is 0 Å². The molecule has 1 fully saturated rings. The van der Waals surface area contributed by atoms with Crippen LogP contribution in [-0.2, 0) is 16.6 Å². The molecule has 0 heterocycles. The third-order valence-electron chi connectivity index (χ3n) is 3.14. The van der Waals surface area contributed by atoms with Crippen LogP contribution in [0.5, 0.6) is 0 Å². The Morgan fingerprint density at radius 1 is 1.32 bits per heavy atom. The van der Waals surface area contributed by atoms with Crippen molar-refractivity contribution in [1.82, 2.24) is 4.72 Å². The van der Waals surface area contributed by atoms with Gasteiger partial charge in [0.25, 0.3) is 0 Å². The molecule has 0 aromatic heterocycles. The average Bonchev–Trinajstić information content (AvgIpc) is 3.13. The van der Waals surface area contributed by atoms with Crippen LogP contribution in [0.3, 0.4) is 0 Å². The van der Waals surface area contributed by atoms with E-state index in [4.69, 9.17) is 28.3 Å². The summed E-state index contributed by atoms with van der Waals surface area (Å²) in [6.07, 6.45) is 3.20. The maximum atomic E-state index is 12.1. The summed E-state index contributed by atoms with van der Waals surface area (Å²) in [5, 5.41) is 9.40. The molecule has 1 aromatic rings. The van der Waals surface area contributed by atoms with E-state index < -0.39 is 16.6 Å². The minimum absolute atomic E-state index is 0.0195. The highest BCUT2D eigenvalue weighted by molar-refractivity contribution is 7.89. The summed E-state index contributed by atoms with van der Waals surface area (Å²) in [5.74, 6) is 0.649. The van der Waals surface area contributed by atoms with Gasteiger partial charge in [0.05, 0.1) is 11.6 Å². The second kappa shape index (κ2) is 5.97. The first-order valence-electron chi connectivity index (χ1n) is 6.03. The number of aliphatic hydroxyl groups is 1. The lowest BCUT2D eigenvalue weighted by molar-refractivity contribution is 0.281. The standard InChI is InChI=1S/C12H15Cl2NO3S/c13-10-3-4-11(12(14)9(10)7-16)19(17,18)15-6-5-8-1-2-8/h3-4,8,15-16H,1-2,5-7H2. The molecule has 0 radical (unpaired) electrons. The van der Waals surface area contributed by atoms with Crippen molar-refractivity contribution in [1.29, 1.82) is 0 Å². The maximum Gasteiger partial charge on any atom is 0.242 e. The third kappa shape index (κ3) is 3.61. The Bertz CT molecular complexity index is 571. The molecule has 0 saturated heterocycles. The molecule has 1 aliphatic carbocycles. The molecule has 4 nitrogen and oxygen atoms in total. The van der Waals surface area contributed by atoms with Crippen LogP contribution >= 0.6 is 23.2 Å². The van der Waals surface area contributed by atoms with Gasteiger partial charge in [-0.05, 0) is 24.5 Å². The predicted octanol–water partition coefficient (Wildman–Crippen LogP) is 2.56. The minimum Gasteiger partial charge on any atom is -0.392 e. The van der Waals surface area contributed by atoms with E-state index in [1.165, 1.54) is 25.0 Å². The second-order valence-corrected chi connectivity index (χ2v) is 7.15. The van der Waals surface area contributed by atoms with E-state index in [1.807, 2.05) is 0 Å². The lowest BCUT2D eigenvalue weighted by atomic mass is 10.2. The van der Waals surface area contributed by atoms with Crippen molar-refractivity contribution in [3.8, 4) is 0 Å². The normalized spacial score (nSPS) is 15.7. The highest BCUT2D eigenvalue weighted by Crippen LogP contribution is 2.33. The van der Waals surface area contributed by atoms with Gasteiger partial charge in [0.1, 0.15) is 4.90 Å². The number of benzene rings is 1. The Morgan fingerprint density at radius 2 is 2.00 bits per heavy atom. The molecule has 0 atom stereocenters. The molecule has 2 rings (SSSR count). The van der Waals surface area contributed by atoms with Gasteiger partial charge in [-0.2, -0.15) is 0 Å². The van der Waals surface area contributed by atoms with Crippen LogP contribution in [0.4, 0.5) is 0 Å². The lowest BCUT2D eigenvalue weighted by Crippen LogP contribution is -2.25. The topological polar surface area (TPSA) is 66.4 Å². The number of hydrogen-bond donors (Lipinski definition) is 2. The Kier molecular flexibility index (Phi) is 4.74. The first kappa shape index (κ1) is 15.1. The van der Waals surface area contributed by atoms with Crippen molar-refractivity contribution in [2.75, 3.05) is 6.54 Å². The summed E-state index contributed by atoms with van der Waals surface area (Å²) in [5.41, 5.74) is 0.230. The minimum atomic E-state index is -3.66. The number of sulfonamides is 1. The van der Waals surface area contributed by atoms with Gasteiger partial charge >= 0.3 is 0 Å². The number of halogens is 2. The van der Waals surface area contributed by atoms with Crippen molar-refractivity contribution in [3.63, 3.8) is 0 Å². The molecule has 1 aromatic carbocycles. The molecule has 0 spiro atoms. The molecule has 0 amide bonds. The summed E-state index contributed by atoms with van der Waals surface area (Å²) < 4.78 is 26.7. The van der Waals surface area contributed by atoms with Crippen LogP contribution < -0.4 is 4.72 Å². The molecule has 2 N–H and O–H groups in total. The van der Waals surface area contributed by atoms with Gasteiger partial charge < -0.3 is 5.11 Å². The Labute approximate surface area is 122 Å². The van der Waals surface area contributed by atoms with E-state index in [9.17, 15) is 8.42 Å². The van der Waals surface area contributed by atoms with Crippen molar-refractivity contribution < 1.29 is 13.5 Å². The fourth-order valence-corrected chi connectivity index (χ4v) is 3.75. The molecule has 19 heavy (non-hydrogen) atoms. The van der Waals surface area contributed by atoms with Gasteiger partial charge in [-0.25, -0.2) is 13.1 Å². The molecule has 0 bridgehead atoms. The molecular formula is C12H15Cl2NO3S. The fourth-order valence-electron chi connectivity index (χ4n) is 1.81. The molecule has 106 valence electrons. The molecule has 0 unspecified atom stereocenters. The molecule has 0 aliphatic heterocycles. The van der Waals surface area contributed by atoms with E-state index in [0.29, 0.717) is 12.5 Å². The van der Waals surface area contributed by atoms with Crippen molar-refractivity contribution >= 4 is 33.2 Å². The van der Waals surface area contributed by atoms with Crippen molar-refractivity contribution in [2.24, 2.45) is 5.92 Å². The quantitative estimate of drug-likeness (QED) is 0.845. The van der Waals surface area contributed by atoms with E-state index in [-0.39, 0.29) is 20.5 Å². The summed E-state index contributed by atoms with van der Waals surface area (Å²) >= 11 is 11.8. The first-order valence-corrected chi connectivity index (χ1v) is 8.27. The maximum absolute atomic E-state index is 12.1. The smallest absolute Gasteiger partial charge is 0.242 e. The van der Waals surface area contributed by atoms with Crippen LogP contribution in [0.2, 0.25) is 10.0 Å². The zero-order chi connectivity index (χ0) is 14.0. The summed E-state index contributed by atoms with van der Waals surface area (Å²) in [6, 6.07) is 2.78. The van der Waals surface area contributed by atoms with E-state index in [2.05, 4.69) is 4.72 Å². The zero-order valence-corrected chi connectivity index (χ0v) is 12.5. The van der Waals surface area contributed by atoms with Crippen LogP contribution in [0.15, 0.2) is 17.0 Å². The number of hydrogen-bond acceptors (Lipinski definition) is 3. The van der Waals surface area contributed by atoms with Crippen LogP contribution in [0.1, 0.15) is 24.8 Å². The molecule has 1 saturated carbocycles. The lowest BCUT2D eigenvalue weighted by Gasteiger charge is -2.11. The molecule has 7 heteroatoms. The predicted molar refractivity (Wildman–Crippen MR) is 74.9 cm³/mol. The molecule has 1 aliphatic rings. The highest BCUT2D eigenvalue weighted by atomic mass is 35.5. The van der Waals surface area contributed by atoms with Crippen LogP contribution in [-0.4, -0.2) is 20.1 Å². The number of aliphatic hydroxyl groups excluding tert-OH is 1. The van der Waals surface area contributed by atoms with Crippen LogP contribution in [0.25, 0.3) is 0 Å². The van der Waals surface area contributed by atoms with Gasteiger partial charge in [0.2, 0.25) is 10.0 Å². The average molecular weight is 324 g/mol. The van der Waals surface area contributed by atoms with Crippen molar-refractivity contribution in [2.45, 2.75) is 30.8 Å². The van der Waals surface area contributed by atoms with Gasteiger partial charge in [-0.1, -0.05) is 36.0 Å². The monoisotopic (exact) mass is 323 g/mol. The summed E-state index contributed by atoms with van der Waals surface area (Å²) in [6.45, 7) is 0.00349. The summed E-state index contributed by atoms with van der Waals surface area (Å²) in [7, 11) is -3.66. The van der Waals surface area contributed by atoms with Gasteiger partial charge in [-0.3, -0.25) is 0 Å². The van der Waals surface area contributed by atoms with E-state index in [1.54, 1.807) is 0 Å².